The van der Waals surface area contributed by atoms with Crippen molar-refractivity contribution < 1.29 is 19.1 Å². The quantitative estimate of drug-likeness (QED) is 0.269. The van der Waals surface area contributed by atoms with Gasteiger partial charge in [-0.05, 0) is 57.9 Å². The van der Waals surface area contributed by atoms with Gasteiger partial charge in [-0.1, -0.05) is 73.0 Å². The summed E-state index contributed by atoms with van der Waals surface area (Å²) in [4.78, 5) is 22.6. The molecule has 1 aliphatic carbocycles. The summed E-state index contributed by atoms with van der Waals surface area (Å²) in [5, 5.41) is 2.97. The van der Waals surface area contributed by atoms with Crippen LogP contribution in [0.5, 0.6) is 0 Å². The van der Waals surface area contributed by atoms with E-state index in [0.717, 1.165) is 25.7 Å². The van der Waals surface area contributed by atoms with Crippen LogP contribution in [-0.2, 0) is 19.1 Å². The fourth-order valence-corrected chi connectivity index (χ4v) is 3.80. The first-order valence-corrected chi connectivity index (χ1v) is 13.1. The van der Waals surface area contributed by atoms with E-state index in [1.165, 1.54) is 32.8 Å². The van der Waals surface area contributed by atoms with E-state index in [1.54, 1.807) is 0 Å². The molecule has 0 aliphatic heterocycles. The molecule has 0 amide bonds. The van der Waals surface area contributed by atoms with Crippen LogP contribution in [0.1, 0.15) is 106 Å². The van der Waals surface area contributed by atoms with Crippen LogP contribution in [0, 0.1) is 17.8 Å². The number of rotatable bonds is 11. The van der Waals surface area contributed by atoms with Crippen molar-refractivity contribution in [2.24, 2.45) is 17.8 Å². The van der Waals surface area contributed by atoms with Crippen LogP contribution < -0.4 is 5.32 Å². The van der Waals surface area contributed by atoms with Crippen molar-refractivity contribution in [3.63, 3.8) is 0 Å². The zero-order valence-corrected chi connectivity index (χ0v) is 22.8. The smallest absolute Gasteiger partial charge is 0.309 e. The highest BCUT2D eigenvalue weighted by molar-refractivity contribution is 5.72. The maximum absolute atomic E-state index is 11.5. The van der Waals surface area contributed by atoms with Crippen molar-refractivity contribution in [2.75, 3.05) is 27.3 Å². The van der Waals surface area contributed by atoms with Gasteiger partial charge in [0.15, 0.2) is 0 Å². The monoisotopic (exact) mass is 457 g/mol. The van der Waals surface area contributed by atoms with Crippen LogP contribution in [0.3, 0.4) is 0 Å². The van der Waals surface area contributed by atoms with Gasteiger partial charge in [0.05, 0.1) is 19.6 Å². The molecule has 0 aromatic heterocycles. The molecule has 0 radical (unpaired) electrons. The standard InChI is InChI=1S/C15H26O2.C8H17NO2.2C2H6/c1-3-5-6-9-13-10-7-8-11-14(13)12-15(16)17-4-2;1-4-5-7(6-9-2)8(10)11-3;2*1-2/h5-6,13-14H,3-4,7-12H2,1-2H3;7,9H,4-6H2,1-3H3;2*1-2H3/b6-5-;;;. The summed E-state index contributed by atoms with van der Waals surface area (Å²) in [5.41, 5.74) is 0. The fourth-order valence-electron chi connectivity index (χ4n) is 3.80. The predicted molar refractivity (Wildman–Crippen MR) is 138 cm³/mol. The lowest BCUT2D eigenvalue weighted by atomic mass is 9.76. The summed E-state index contributed by atoms with van der Waals surface area (Å²) < 4.78 is 9.70. The van der Waals surface area contributed by atoms with Crippen molar-refractivity contribution in [2.45, 2.75) is 106 Å². The van der Waals surface area contributed by atoms with Gasteiger partial charge in [0.2, 0.25) is 0 Å². The Labute approximate surface area is 200 Å². The molecular formula is C27H55NO4. The molecule has 1 N–H and O–H groups in total. The molecular weight excluding hydrogens is 402 g/mol. The lowest BCUT2D eigenvalue weighted by Crippen LogP contribution is -2.26. The number of methoxy groups -OCH3 is 1. The van der Waals surface area contributed by atoms with E-state index in [-0.39, 0.29) is 17.9 Å². The molecule has 1 aliphatic rings. The molecule has 0 aromatic rings. The Balaban J connectivity index is -0.000000486. The molecule has 1 saturated carbocycles. The van der Waals surface area contributed by atoms with Crippen molar-refractivity contribution in [3.8, 4) is 0 Å². The molecule has 0 bridgehead atoms. The first kappa shape index (κ1) is 35.2. The second-order valence-corrected chi connectivity index (χ2v) is 7.50. The summed E-state index contributed by atoms with van der Waals surface area (Å²) >= 11 is 0. The maximum Gasteiger partial charge on any atom is 0.309 e. The first-order valence-electron chi connectivity index (χ1n) is 13.1. The van der Waals surface area contributed by atoms with Crippen LogP contribution in [-0.4, -0.2) is 39.2 Å². The van der Waals surface area contributed by atoms with E-state index in [9.17, 15) is 9.59 Å². The molecule has 0 aromatic carbocycles. The number of carbonyl (C=O) groups excluding carboxylic acids is 2. The van der Waals surface area contributed by atoms with Gasteiger partial charge in [0.25, 0.3) is 0 Å². The zero-order valence-electron chi connectivity index (χ0n) is 22.8. The van der Waals surface area contributed by atoms with Gasteiger partial charge in [-0.15, -0.1) is 0 Å². The summed E-state index contributed by atoms with van der Waals surface area (Å²) in [7, 11) is 3.27. The Bertz CT molecular complexity index is 431. The summed E-state index contributed by atoms with van der Waals surface area (Å²) in [6, 6.07) is 0. The highest BCUT2D eigenvalue weighted by Crippen LogP contribution is 2.35. The lowest BCUT2D eigenvalue weighted by molar-refractivity contribution is -0.146. The van der Waals surface area contributed by atoms with Crippen molar-refractivity contribution >= 4 is 11.9 Å². The molecule has 5 nitrogen and oxygen atoms in total. The zero-order chi connectivity index (χ0) is 25.2. The Morgan fingerprint density at radius 1 is 1.00 bits per heavy atom. The number of carbonyl (C=O) groups is 2. The third kappa shape index (κ3) is 19.3. The minimum atomic E-state index is -0.110. The van der Waals surface area contributed by atoms with Gasteiger partial charge in [0.1, 0.15) is 0 Å². The Morgan fingerprint density at radius 2 is 1.59 bits per heavy atom. The number of hydrogen-bond acceptors (Lipinski definition) is 5. The van der Waals surface area contributed by atoms with Gasteiger partial charge >= 0.3 is 11.9 Å². The number of hydrogen-bond donors (Lipinski definition) is 1. The summed E-state index contributed by atoms with van der Waals surface area (Å²) in [5.74, 6) is 1.14. The molecule has 0 heterocycles. The molecule has 0 saturated heterocycles. The average Bonchev–Trinajstić information content (AvgIpc) is 2.83. The molecule has 1 rings (SSSR count). The summed E-state index contributed by atoms with van der Waals surface area (Å²) in [6.45, 7) is 15.3. The normalized spacial score (nSPS) is 18.0. The molecule has 3 atom stereocenters. The molecule has 5 heteroatoms. The van der Waals surface area contributed by atoms with E-state index in [0.29, 0.717) is 31.4 Å². The van der Waals surface area contributed by atoms with Crippen molar-refractivity contribution in [1.29, 1.82) is 0 Å². The minimum absolute atomic E-state index is 0.0103. The largest absolute Gasteiger partial charge is 0.469 e. The fraction of sp³-hybridized carbons (Fsp3) is 0.852. The number of esters is 2. The lowest BCUT2D eigenvalue weighted by Gasteiger charge is -2.30. The van der Waals surface area contributed by atoms with E-state index in [4.69, 9.17) is 4.74 Å². The third-order valence-electron chi connectivity index (χ3n) is 5.26. The van der Waals surface area contributed by atoms with E-state index >= 15 is 0 Å². The highest BCUT2D eigenvalue weighted by Gasteiger charge is 2.26. The molecule has 1 fully saturated rings. The van der Waals surface area contributed by atoms with E-state index in [2.05, 4.69) is 36.1 Å². The van der Waals surface area contributed by atoms with Crippen LogP contribution in [0.15, 0.2) is 12.2 Å². The third-order valence-corrected chi connectivity index (χ3v) is 5.26. The van der Waals surface area contributed by atoms with Crippen LogP contribution in [0.25, 0.3) is 0 Å². The molecule has 0 spiro atoms. The van der Waals surface area contributed by atoms with Gasteiger partial charge < -0.3 is 14.8 Å². The topological polar surface area (TPSA) is 64.6 Å². The number of allylic oxidation sites excluding steroid dienone is 2. The first-order chi connectivity index (χ1) is 15.5. The van der Waals surface area contributed by atoms with E-state index in [1.807, 2.05) is 41.7 Å². The average molecular weight is 458 g/mol. The second-order valence-electron chi connectivity index (χ2n) is 7.50. The van der Waals surface area contributed by atoms with Gasteiger partial charge in [0, 0.05) is 13.0 Å². The predicted octanol–water partition coefficient (Wildman–Crippen LogP) is 6.95. The number of ether oxygens (including phenoxy) is 2. The molecule has 32 heavy (non-hydrogen) atoms. The second kappa shape index (κ2) is 27.7. The Morgan fingerprint density at radius 3 is 2.06 bits per heavy atom. The molecule has 192 valence electrons. The maximum atomic E-state index is 11.5. The minimum Gasteiger partial charge on any atom is -0.469 e. The van der Waals surface area contributed by atoms with Gasteiger partial charge in [-0.25, -0.2) is 0 Å². The van der Waals surface area contributed by atoms with Gasteiger partial charge in [-0.3, -0.25) is 9.59 Å². The van der Waals surface area contributed by atoms with Crippen LogP contribution in [0.2, 0.25) is 0 Å². The van der Waals surface area contributed by atoms with Gasteiger partial charge in [-0.2, -0.15) is 0 Å². The summed E-state index contributed by atoms with van der Waals surface area (Å²) in [6.07, 6.45) is 14.4. The van der Waals surface area contributed by atoms with Crippen LogP contribution in [0.4, 0.5) is 0 Å². The van der Waals surface area contributed by atoms with Crippen molar-refractivity contribution in [1.82, 2.24) is 5.32 Å². The van der Waals surface area contributed by atoms with Crippen LogP contribution >= 0.6 is 0 Å². The molecule has 3 unspecified atom stereocenters. The highest BCUT2D eigenvalue weighted by atomic mass is 16.5. The number of nitrogens with one attached hydrogen (secondary N) is 1. The Hall–Kier alpha value is -1.36. The van der Waals surface area contributed by atoms with E-state index < -0.39 is 0 Å². The van der Waals surface area contributed by atoms with Crippen molar-refractivity contribution in [3.05, 3.63) is 12.2 Å². The SMILES string of the molecule is CC.CC.CC/C=C\CC1CCCCC1CC(=O)OCC.CCCC(CNC)C(=O)OC. The Kier molecular flexibility index (Phi) is 30.5.